The molecule has 1 atom stereocenters. The van der Waals surface area contributed by atoms with E-state index in [-0.39, 0.29) is 12.1 Å². The van der Waals surface area contributed by atoms with Crippen LogP contribution in [0, 0.1) is 6.92 Å². The van der Waals surface area contributed by atoms with E-state index < -0.39 is 6.10 Å². The lowest BCUT2D eigenvalue weighted by atomic mass is 9.99. The highest BCUT2D eigenvalue weighted by Crippen LogP contribution is 2.21. The van der Waals surface area contributed by atoms with Gasteiger partial charge >= 0.3 is 0 Å². The summed E-state index contributed by atoms with van der Waals surface area (Å²) >= 11 is 0. The number of nitrogens with zero attached hydrogens (tertiary/aromatic N) is 1. The molecule has 3 heteroatoms. The Bertz CT molecular complexity index is 377. The Balaban J connectivity index is 2.57. The van der Waals surface area contributed by atoms with E-state index >= 15 is 0 Å². The van der Waals surface area contributed by atoms with E-state index in [1.165, 1.54) is 0 Å². The Kier molecular flexibility index (Phi) is 5.32. The molecule has 0 saturated carbocycles. The largest absolute Gasteiger partial charge is 0.394 e. The smallest absolute Gasteiger partial charge is 0.0804 e. The third kappa shape index (κ3) is 3.80. The Morgan fingerprint density at radius 1 is 1.28 bits per heavy atom. The van der Waals surface area contributed by atoms with Crippen LogP contribution in [0.3, 0.4) is 0 Å². The minimum absolute atomic E-state index is 0.115. The Morgan fingerprint density at radius 2 is 1.89 bits per heavy atom. The third-order valence-electron chi connectivity index (χ3n) is 3.71. The average Bonchev–Trinajstić information content (AvgIpc) is 2.36. The molecule has 0 aliphatic rings. The fraction of sp³-hybridized carbons (Fsp3) is 0.600. The van der Waals surface area contributed by atoms with Gasteiger partial charge in [-0.1, -0.05) is 24.3 Å². The van der Waals surface area contributed by atoms with Crippen molar-refractivity contribution in [2.75, 3.05) is 20.2 Å². The zero-order valence-electron chi connectivity index (χ0n) is 11.8. The van der Waals surface area contributed by atoms with Crippen molar-refractivity contribution in [1.82, 2.24) is 4.90 Å². The zero-order chi connectivity index (χ0) is 13.8. The molecule has 18 heavy (non-hydrogen) atoms. The number of hydrogen-bond acceptors (Lipinski definition) is 3. The van der Waals surface area contributed by atoms with Crippen molar-refractivity contribution in [3.8, 4) is 0 Å². The normalized spacial score (nSPS) is 13.9. The number of aliphatic hydroxyl groups excluding tert-OH is 2. The van der Waals surface area contributed by atoms with Gasteiger partial charge in [0.1, 0.15) is 0 Å². The molecule has 1 aromatic rings. The summed E-state index contributed by atoms with van der Waals surface area (Å²) in [5.41, 5.74) is 1.87. The van der Waals surface area contributed by atoms with Crippen LogP contribution in [-0.2, 0) is 0 Å². The number of hydrogen-bond donors (Lipinski definition) is 2. The van der Waals surface area contributed by atoms with Crippen LogP contribution in [0.25, 0.3) is 0 Å². The molecule has 0 saturated heterocycles. The maximum atomic E-state index is 10.2. The SMILES string of the molecule is Cc1ccccc1C(O)CCN(C)C(C)(C)CO. The molecule has 3 nitrogen and oxygen atoms in total. The van der Waals surface area contributed by atoms with Gasteiger partial charge in [-0.05, 0) is 45.4 Å². The van der Waals surface area contributed by atoms with Crippen LogP contribution in [0.15, 0.2) is 24.3 Å². The first kappa shape index (κ1) is 15.2. The van der Waals surface area contributed by atoms with Gasteiger partial charge in [-0.25, -0.2) is 0 Å². The van der Waals surface area contributed by atoms with Crippen LogP contribution in [0.2, 0.25) is 0 Å². The van der Waals surface area contributed by atoms with Crippen molar-refractivity contribution >= 4 is 0 Å². The van der Waals surface area contributed by atoms with Gasteiger partial charge in [0.25, 0.3) is 0 Å². The van der Waals surface area contributed by atoms with Crippen LogP contribution in [0.1, 0.15) is 37.5 Å². The fourth-order valence-corrected chi connectivity index (χ4v) is 1.86. The van der Waals surface area contributed by atoms with Crippen LogP contribution in [0.5, 0.6) is 0 Å². The average molecular weight is 251 g/mol. The van der Waals surface area contributed by atoms with Crippen molar-refractivity contribution in [1.29, 1.82) is 0 Å². The molecule has 0 aliphatic heterocycles. The molecule has 0 radical (unpaired) electrons. The lowest BCUT2D eigenvalue weighted by molar-refractivity contribution is 0.0618. The summed E-state index contributed by atoms with van der Waals surface area (Å²) in [6, 6.07) is 7.91. The summed E-state index contributed by atoms with van der Waals surface area (Å²) in [6.45, 7) is 6.87. The van der Waals surface area contributed by atoms with Gasteiger partial charge in [0.05, 0.1) is 12.7 Å². The van der Waals surface area contributed by atoms with Crippen LogP contribution in [0.4, 0.5) is 0 Å². The van der Waals surface area contributed by atoms with Crippen molar-refractivity contribution in [2.24, 2.45) is 0 Å². The Labute approximate surface area is 110 Å². The van der Waals surface area contributed by atoms with E-state index in [1.54, 1.807) is 0 Å². The maximum Gasteiger partial charge on any atom is 0.0804 e. The zero-order valence-corrected chi connectivity index (χ0v) is 11.8. The second-order valence-corrected chi connectivity index (χ2v) is 5.55. The molecule has 1 rings (SSSR count). The van der Waals surface area contributed by atoms with Crippen molar-refractivity contribution < 1.29 is 10.2 Å². The molecule has 0 bridgehead atoms. The van der Waals surface area contributed by atoms with Gasteiger partial charge in [0, 0.05) is 12.1 Å². The monoisotopic (exact) mass is 251 g/mol. The maximum absolute atomic E-state index is 10.2. The first-order valence-corrected chi connectivity index (χ1v) is 6.44. The summed E-state index contributed by atoms with van der Waals surface area (Å²) in [5, 5.41) is 19.5. The first-order chi connectivity index (χ1) is 8.38. The van der Waals surface area contributed by atoms with Crippen LogP contribution >= 0.6 is 0 Å². The van der Waals surface area contributed by atoms with Crippen molar-refractivity contribution in [3.05, 3.63) is 35.4 Å². The molecule has 0 amide bonds. The molecule has 0 fully saturated rings. The second kappa shape index (κ2) is 6.32. The predicted octanol–water partition coefficient (Wildman–Crippen LogP) is 2.12. The second-order valence-electron chi connectivity index (χ2n) is 5.55. The minimum atomic E-state index is -0.442. The quantitative estimate of drug-likeness (QED) is 0.814. The van der Waals surface area contributed by atoms with E-state index in [0.29, 0.717) is 6.42 Å². The first-order valence-electron chi connectivity index (χ1n) is 6.44. The molecule has 0 aliphatic carbocycles. The van der Waals surface area contributed by atoms with E-state index in [1.807, 2.05) is 52.1 Å². The van der Waals surface area contributed by atoms with Crippen molar-refractivity contribution in [3.63, 3.8) is 0 Å². The Hall–Kier alpha value is -0.900. The summed E-state index contributed by atoms with van der Waals surface area (Å²) in [4.78, 5) is 2.08. The van der Waals surface area contributed by atoms with Crippen LogP contribution in [-0.4, -0.2) is 40.9 Å². The molecule has 0 heterocycles. The highest BCUT2D eigenvalue weighted by atomic mass is 16.3. The van der Waals surface area contributed by atoms with Gasteiger partial charge in [-0.15, -0.1) is 0 Å². The lowest BCUT2D eigenvalue weighted by Crippen LogP contribution is -2.44. The highest BCUT2D eigenvalue weighted by Gasteiger charge is 2.23. The molecule has 1 aromatic carbocycles. The number of benzene rings is 1. The molecular formula is C15H25NO2. The number of likely N-dealkylation sites (N-methyl/N-ethyl adjacent to an activating group) is 1. The number of aliphatic hydroxyl groups is 2. The lowest BCUT2D eigenvalue weighted by Gasteiger charge is -2.34. The van der Waals surface area contributed by atoms with E-state index in [4.69, 9.17) is 0 Å². The van der Waals surface area contributed by atoms with Crippen LogP contribution < -0.4 is 0 Å². The van der Waals surface area contributed by atoms with E-state index in [9.17, 15) is 10.2 Å². The molecule has 0 spiro atoms. The molecular weight excluding hydrogens is 226 g/mol. The summed E-state index contributed by atoms with van der Waals surface area (Å²) < 4.78 is 0. The standard InChI is InChI=1S/C15H25NO2/c1-12-7-5-6-8-13(12)14(18)9-10-16(4)15(2,3)11-17/h5-8,14,17-18H,9-11H2,1-4H3. The van der Waals surface area contributed by atoms with Gasteiger partial charge in [0.2, 0.25) is 0 Å². The predicted molar refractivity (Wildman–Crippen MR) is 74.6 cm³/mol. The molecule has 1 unspecified atom stereocenters. The summed E-state index contributed by atoms with van der Waals surface area (Å²) in [5.74, 6) is 0. The van der Waals surface area contributed by atoms with E-state index in [0.717, 1.165) is 17.7 Å². The molecule has 102 valence electrons. The van der Waals surface area contributed by atoms with Gasteiger partial charge < -0.3 is 10.2 Å². The Morgan fingerprint density at radius 3 is 2.44 bits per heavy atom. The van der Waals surface area contributed by atoms with Crippen molar-refractivity contribution in [2.45, 2.75) is 38.8 Å². The topological polar surface area (TPSA) is 43.7 Å². The molecule has 0 aromatic heterocycles. The van der Waals surface area contributed by atoms with Gasteiger partial charge in [-0.3, -0.25) is 4.90 Å². The highest BCUT2D eigenvalue weighted by molar-refractivity contribution is 5.27. The minimum Gasteiger partial charge on any atom is -0.394 e. The van der Waals surface area contributed by atoms with Gasteiger partial charge in [0.15, 0.2) is 0 Å². The van der Waals surface area contributed by atoms with E-state index in [2.05, 4.69) is 4.90 Å². The number of rotatable bonds is 6. The molecule has 2 N–H and O–H groups in total. The number of aryl methyl sites for hydroxylation is 1. The summed E-state index contributed by atoms with van der Waals surface area (Å²) in [7, 11) is 1.97. The summed E-state index contributed by atoms with van der Waals surface area (Å²) in [6.07, 6.45) is 0.230. The van der Waals surface area contributed by atoms with Gasteiger partial charge in [-0.2, -0.15) is 0 Å². The fourth-order valence-electron chi connectivity index (χ4n) is 1.86. The third-order valence-corrected chi connectivity index (χ3v) is 3.71.